The predicted molar refractivity (Wildman–Crippen MR) is 97.3 cm³/mol. The van der Waals surface area contributed by atoms with Gasteiger partial charge in [-0.15, -0.1) is 0 Å². The highest BCUT2D eigenvalue weighted by Gasteiger charge is 2.18. The van der Waals surface area contributed by atoms with Crippen molar-refractivity contribution in [2.75, 3.05) is 7.11 Å². The van der Waals surface area contributed by atoms with Crippen LogP contribution < -0.4 is 0 Å². The van der Waals surface area contributed by atoms with Gasteiger partial charge in [0.1, 0.15) is 5.56 Å². The van der Waals surface area contributed by atoms with E-state index in [1.54, 1.807) is 0 Å². The van der Waals surface area contributed by atoms with Crippen LogP contribution in [0.15, 0.2) is 47.6 Å². The van der Waals surface area contributed by atoms with Crippen molar-refractivity contribution in [1.82, 2.24) is 0 Å². The molecule has 0 radical (unpaired) electrons. The van der Waals surface area contributed by atoms with Crippen molar-refractivity contribution >= 4 is 23.3 Å². The lowest BCUT2D eigenvalue weighted by molar-refractivity contribution is -0.385. The van der Waals surface area contributed by atoms with Crippen LogP contribution in [0.5, 0.6) is 0 Å². The molecule has 13 nitrogen and oxygen atoms in total. The van der Waals surface area contributed by atoms with Crippen LogP contribution in [0.1, 0.15) is 26.3 Å². The highest BCUT2D eigenvalue weighted by Crippen LogP contribution is 2.21. The molecular formula is C16H13N5O8. The molecule has 0 atom stereocenters. The van der Waals surface area contributed by atoms with E-state index in [1.807, 2.05) is 0 Å². The van der Waals surface area contributed by atoms with Gasteiger partial charge in [0.25, 0.3) is 11.4 Å². The van der Waals surface area contributed by atoms with Gasteiger partial charge in [-0.1, -0.05) is 23.3 Å². The number of nitro groups is 2. The van der Waals surface area contributed by atoms with E-state index in [9.17, 15) is 29.8 Å². The Balaban J connectivity index is 0.000000308. The first-order chi connectivity index (χ1) is 13.7. The number of benzene rings is 2. The Hall–Kier alpha value is -4.51. The molecule has 0 fully saturated rings. The van der Waals surface area contributed by atoms with Crippen LogP contribution in [0.25, 0.3) is 10.4 Å². The zero-order chi connectivity index (χ0) is 22.0. The molecule has 0 spiro atoms. The molecule has 2 aromatic rings. The number of esters is 1. The van der Waals surface area contributed by atoms with Crippen molar-refractivity contribution < 1.29 is 29.3 Å². The molecule has 0 amide bonds. The topological polar surface area (TPSA) is 199 Å². The van der Waals surface area contributed by atoms with Gasteiger partial charge in [0.2, 0.25) is 0 Å². The number of carboxylic acids is 1. The molecular weight excluding hydrogens is 390 g/mol. The summed E-state index contributed by atoms with van der Waals surface area (Å²) in [5.41, 5.74) is 7.51. The van der Waals surface area contributed by atoms with Crippen LogP contribution in [0.4, 0.5) is 11.4 Å². The van der Waals surface area contributed by atoms with Crippen LogP contribution in [0, 0.1) is 20.2 Å². The van der Waals surface area contributed by atoms with E-state index < -0.39 is 21.8 Å². The molecule has 0 unspecified atom stereocenters. The lowest BCUT2D eigenvalue weighted by Gasteiger charge is -2.02. The largest absolute Gasteiger partial charge is 0.477 e. The minimum absolute atomic E-state index is 0.0730. The normalized spacial score (nSPS) is 9.28. The predicted octanol–water partition coefficient (Wildman–Crippen LogP) is 3.48. The maximum Gasteiger partial charge on any atom is 0.342 e. The minimum atomic E-state index is -1.29. The third-order valence-corrected chi connectivity index (χ3v) is 3.34. The molecule has 2 aromatic carbocycles. The molecule has 0 aromatic heterocycles. The first kappa shape index (κ1) is 22.5. The van der Waals surface area contributed by atoms with E-state index in [0.29, 0.717) is 0 Å². The van der Waals surface area contributed by atoms with E-state index in [0.717, 1.165) is 12.1 Å². The lowest BCUT2D eigenvalue weighted by Crippen LogP contribution is -2.03. The maximum absolute atomic E-state index is 11.2. The van der Waals surface area contributed by atoms with Gasteiger partial charge >= 0.3 is 11.9 Å². The summed E-state index contributed by atoms with van der Waals surface area (Å²) in [5.74, 6) is -1.95. The molecule has 1 N–H and O–H groups in total. The Morgan fingerprint density at radius 1 is 1.14 bits per heavy atom. The van der Waals surface area contributed by atoms with Crippen molar-refractivity contribution in [3.8, 4) is 0 Å². The molecule has 0 aliphatic heterocycles. The summed E-state index contributed by atoms with van der Waals surface area (Å²) in [6.07, 6.45) is 0. The maximum atomic E-state index is 11.2. The molecule has 13 heteroatoms. The fourth-order valence-corrected chi connectivity index (χ4v) is 2.03. The second-order valence-corrected chi connectivity index (χ2v) is 5.06. The zero-order valence-electron chi connectivity index (χ0n) is 14.8. The van der Waals surface area contributed by atoms with E-state index in [4.69, 9.17) is 10.6 Å². The lowest BCUT2D eigenvalue weighted by atomic mass is 10.1. The SMILES string of the molecule is COC(=O)c1ccc(CN=[N+]=[N-])c([N+](=O)[O-])c1.O=C(O)c1ccccc1[N+](=O)[O-]. The van der Waals surface area contributed by atoms with Gasteiger partial charge in [-0.2, -0.15) is 0 Å². The number of carboxylic acid groups (broad SMARTS) is 1. The Morgan fingerprint density at radius 3 is 2.24 bits per heavy atom. The summed E-state index contributed by atoms with van der Waals surface area (Å²) in [6.45, 7) is -0.145. The summed E-state index contributed by atoms with van der Waals surface area (Å²) in [5, 5.41) is 32.8. The number of rotatable bonds is 6. The smallest absolute Gasteiger partial charge is 0.342 e. The van der Waals surface area contributed by atoms with Gasteiger partial charge in [0.15, 0.2) is 0 Å². The summed E-state index contributed by atoms with van der Waals surface area (Å²) in [6, 6.07) is 9.04. The first-order valence-electron chi connectivity index (χ1n) is 7.56. The number of aromatic carboxylic acids is 1. The number of hydrogen-bond acceptors (Lipinski definition) is 8. The van der Waals surface area contributed by atoms with Crippen molar-refractivity contribution in [3.63, 3.8) is 0 Å². The Morgan fingerprint density at radius 2 is 1.76 bits per heavy atom. The van der Waals surface area contributed by atoms with Crippen molar-refractivity contribution in [3.05, 3.63) is 89.8 Å². The number of nitro benzene ring substituents is 2. The van der Waals surface area contributed by atoms with Gasteiger partial charge in [0.05, 0.1) is 29.1 Å². The molecule has 0 heterocycles. The summed E-state index contributed by atoms with van der Waals surface area (Å²) >= 11 is 0. The van der Waals surface area contributed by atoms with Crippen molar-refractivity contribution in [2.45, 2.75) is 6.54 Å². The van der Waals surface area contributed by atoms with Gasteiger partial charge in [-0.25, -0.2) is 9.59 Å². The molecule has 0 saturated carbocycles. The van der Waals surface area contributed by atoms with Crippen LogP contribution in [0.3, 0.4) is 0 Å². The van der Waals surface area contributed by atoms with E-state index in [-0.39, 0.29) is 34.6 Å². The number of azide groups is 1. The molecule has 0 aliphatic carbocycles. The second-order valence-electron chi connectivity index (χ2n) is 5.06. The summed E-state index contributed by atoms with van der Waals surface area (Å²) in [4.78, 5) is 43.8. The molecule has 2 rings (SSSR count). The van der Waals surface area contributed by atoms with E-state index >= 15 is 0 Å². The van der Waals surface area contributed by atoms with Gasteiger partial charge in [0, 0.05) is 22.6 Å². The van der Waals surface area contributed by atoms with Crippen LogP contribution in [0.2, 0.25) is 0 Å². The van der Waals surface area contributed by atoms with Gasteiger partial charge < -0.3 is 9.84 Å². The van der Waals surface area contributed by atoms with Gasteiger partial charge in [-0.3, -0.25) is 20.2 Å². The number of ether oxygens (including phenoxy) is 1. The van der Waals surface area contributed by atoms with Crippen LogP contribution in [-0.2, 0) is 11.3 Å². The third-order valence-electron chi connectivity index (χ3n) is 3.34. The number of carbonyl (C=O) groups excluding carboxylic acids is 1. The van der Waals surface area contributed by atoms with Crippen molar-refractivity contribution in [1.29, 1.82) is 0 Å². The first-order valence-corrected chi connectivity index (χ1v) is 7.56. The Kier molecular flexibility index (Phi) is 8.23. The molecule has 150 valence electrons. The summed E-state index contributed by atoms with van der Waals surface area (Å²) in [7, 11) is 1.18. The number of para-hydroxylation sites is 1. The van der Waals surface area contributed by atoms with E-state index in [1.165, 1.54) is 37.4 Å². The fourth-order valence-electron chi connectivity index (χ4n) is 2.03. The quantitative estimate of drug-likeness (QED) is 0.188. The summed E-state index contributed by atoms with van der Waals surface area (Å²) < 4.78 is 4.45. The average Bonchev–Trinajstić information content (AvgIpc) is 2.71. The average molecular weight is 403 g/mol. The van der Waals surface area contributed by atoms with Crippen LogP contribution >= 0.6 is 0 Å². The molecule has 29 heavy (non-hydrogen) atoms. The zero-order valence-corrected chi connectivity index (χ0v) is 14.8. The highest BCUT2D eigenvalue weighted by molar-refractivity contribution is 5.92. The fraction of sp³-hybridized carbons (Fsp3) is 0.125. The monoisotopic (exact) mass is 403 g/mol. The van der Waals surface area contributed by atoms with Crippen LogP contribution in [-0.4, -0.2) is 34.0 Å². The van der Waals surface area contributed by atoms with Crippen molar-refractivity contribution in [2.24, 2.45) is 5.11 Å². The standard InChI is InChI=1S/C9H8N4O4.C7H5NO4/c1-17-9(14)6-2-3-7(5-11-12-10)8(4-6)13(15)16;9-7(10)5-3-1-2-4-6(5)8(11)12/h2-4H,5H2,1H3;1-4H,(H,9,10). The number of nitrogens with zero attached hydrogens (tertiary/aromatic N) is 5. The second kappa shape index (κ2) is 10.6. The highest BCUT2D eigenvalue weighted by atomic mass is 16.6. The number of hydrogen-bond donors (Lipinski definition) is 1. The third kappa shape index (κ3) is 6.30. The molecule has 0 aliphatic rings. The van der Waals surface area contributed by atoms with Gasteiger partial charge in [-0.05, 0) is 17.7 Å². The number of methoxy groups -OCH3 is 1. The number of carbonyl (C=O) groups is 2. The van der Waals surface area contributed by atoms with E-state index in [2.05, 4.69) is 14.8 Å². The molecule has 0 bridgehead atoms. The minimum Gasteiger partial charge on any atom is -0.477 e. The Bertz CT molecular complexity index is 968. The Labute approximate surface area is 162 Å². The molecule has 0 saturated heterocycles.